The number of nitrogens with zero attached hydrogens (tertiary/aromatic N) is 3. The SMILES string of the molecule is Nc1nnc(-c2cccc(N=Cc3ccc(O)cc3O)c2)s1. The maximum absolute atomic E-state index is 9.72. The fraction of sp³-hybridized carbons (Fsp3) is 0. The predicted octanol–water partition coefficient (Wildman–Crippen LogP) is 2.95. The number of rotatable bonds is 3. The zero-order valence-corrected chi connectivity index (χ0v) is 12.2. The molecule has 0 amide bonds. The zero-order chi connectivity index (χ0) is 15.5. The van der Waals surface area contributed by atoms with Gasteiger partial charge >= 0.3 is 0 Å². The smallest absolute Gasteiger partial charge is 0.203 e. The number of nitrogens with two attached hydrogens (primary N) is 1. The highest BCUT2D eigenvalue weighted by Gasteiger charge is 2.05. The van der Waals surface area contributed by atoms with E-state index >= 15 is 0 Å². The van der Waals surface area contributed by atoms with Crippen molar-refractivity contribution in [2.24, 2.45) is 4.99 Å². The summed E-state index contributed by atoms with van der Waals surface area (Å²) in [6, 6.07) is 11.8. The molecule has 3 rings (SSSR count). The Morgan fingerprint density at radius 3 is 2.68 bits per heavy atom. The third-order valence-electron chi connectivity index (χ3n) is 2.90. The van der Waals surface area contributed by atoms with Gasteiger partial charge in [-0.1, -0.05) is 23.5 Å². The molecule has 22 heavy (non-hydrogen) atoms. The molecule has 0 bridgehead atoms. The van der Waals surface area contributed by atoms with Crippen LogP contribution in [0.5, 0.6) is 11.5 Å². The molecule has 0 aliphatic heterocycles. The lowest BCUT2D eigenvalue weighted by atomic mass is 10.2. The second kappa shape index (κ2) is 5.82. The third kappa shape index (κ3) is 3.04. The molecule has 110 valence electrons. The molecule has 1 aromatic heterocycles. The van der Waals surface area contributed by atoms with Gasteiger partial charge in [-0.15, -0.1) is 10.2 Å². The number of phenols is 2. The molecule has 2 aromatic carbocycles. The van der Waals surface area contributed by atoms with Crippen molar-refractivity contribution in [2.45, 2.75) is 0 Å². The molecule has 7 heteroatoms. The van der Waals surface area contributed by atoms with Crippen LogP contribution in [-0.2, 0) is 0 Å². The fourth-order valence-electron chi connectivity index (χ4n) is 1.86. The lowest BCUT2D eigenvalue weighted by molar-refractivity contribution is 0.450. The van der Waals surface area contributed by atoms with E-state index in [1.54, 1.807) is 6.07 Å². The number of hydrogen-bond donors (Lipinski definition) is 3. The summed E-state index contributed by atoms with van der Waals surface area (Å²) >= 11 is 1.30. The lowest BCUT2D eigenvalue weighted by Gasteiger charge is -2.00. The average Bonchev–Trinajstić information content (AvgIpc) is 2.93. The number of anilines is 1. The molecule has 6 nitrogen and oxygen atoms in total. The van der Waals surface area contributed by atoms with Crippen LogP contribution in [0.3, 0.4) is 0 Å². The van der Waals surface area contributed by atoms with Crippen LogP contribution in [0.15, 0.2) is 47.5 Å². The van der Waals surface area contributed by atoms with Crippen molar-refractivity contribution in [1.82, 2.24) is 10.2 Å². The monoisotopic (exact) mass is 312 g/mol. The van der Waals surface area contributed by atoms with Crippen LogP contribution in [0.1, 0.15) is 5.56 Å². The molecular formula is C15H12N4O2S. The van der Waals surface area contributed by atoms with Crippen molar-refractivity contribution >= 4 is 28.4 Å². The number of aromatic hydroxyl groups is 2. The lowest BCUT2D eigenvalue weighted by Crippen LogP contribution is -1.82. The second-order valence-electron chi connectivity index (χ2n) is 4.50. The molecule has 3 aromatic rings. The van der Waals surface area contributed by atoms with Crippen LogP contribution in [0.25, 0.3) is 10.6 Å². The van der Waals surface area contributed by atoms with E-state index in [2.05, 4.69) is 15.2 Å². The van der Waals surface area contributed by atoms with Crippen molar-refractivity contribution in [2.75, 3.05) is 5.73 Å². The fourth-order valence-corrected chi connectivity index (χ4v) is 2.46. The maximum atomic E-state index is 9.72. The Hall–Kier alpha value is -2.93. The molecular weight excluding hydrogens is 300 g/mol. The molecule has 0 spiro atoms. The number of nitrogen functional groups attached to an aromatic ring is 1. The molecule has 0 atom stereocenters. The molecule has 0 aliphatic carbocycles. The second-order valence-corrected chi connectivity index (χ2v) is 5.51. The first kappa shape index (κ1) is 14.0. The van der Waals surface area contributed by atoms with Gasteiger partial charge in [-0.25, -0.2) is 0 Å². The number of phenolic OH excluding ortho intramolecular Hbond substituents is 2. The Balaban J connectivity index is 1.88. The van der Waals surface area contributed by atoms with Crippen LogP contribution in [-0.4, -0.2) is 26.6 Å². The van der Waals surface area contributed by atoms with Gasteiger partial charge in [0.2, 0.25) is 5.13 Å². The molecule has 0 fully saturated rings. The van der Waals surface area contributed by atoms with Gasteiger partial charge in [-0.2, -0.15) is 0 Å². The van der Waals surface area contributed by atoms with Gasteiger partial charge in [-0.3, -0.25) is 4.99 Å². The number of benzene rings is 2. The summed E-state index contributed by atoms with van der Waals surface area (Å²) < 4.78 is 0. The third-order valence-corrected chi connectivity index (χ3v) is 3.70. The summed E-state index contributed by atoms with van der Waals surface area (Å²) in [6.07, 6.45) is 1.53. The van der Waals surface area contributed by atoms with Crippen LogP contribution in [0, 0.1) is 0 Å². The average molecular weight is 312 g/mol. The summed E-state index contributed by atoms with van der Waals surface area (Å²) in [6.45, 7) is 0. The Kier molecular flexibility index (Phi) is 3.71. The molecule has 0 saturated heterocycles. The Bertz CT molecular complexity index is 845. The number of aromatic nitrogens is 2. The minimum absolute atomic E-state index is 0.00510. The minimum Gasteiger partial charge on any atom is -0.508 e. The van der Waals surface area contributed by atoms with E-state index < -0.39 is 0 Å². The topological polar surface area (TPSA) is 105 Å². The van der Waals surface area contributed by atoms with Crippen LogP contribution >= 0.6 is 11.3 Å². The van der Waals surface area contributed by atoms with E-state index in [4.69, 9.17) is 5.73 Å². The molecule has 0 saturated carbocycles. The molecule has 1 heterocycles. The Morgan fingerprint density at radius 2 is 1.95 bits per heavy atom. The van der Waals surface area contributed by atoms with E-state index in [9.17, 15) is 10.2 Å². The summed E-state index contributed by atoms with van der Waals surface area (Å²) in [5, 5.41) is 27.9. The normalized spacial score (nSPS) is 11.1. The van der Waals surface area contributed by atoms with E-state index in [0.717, 1.165) is 10.6 Å². The van der Waals surface area contributed by atoms with Crippen LogP contribution in [0.2, 0.25) is 0 Å². The van der Waals surface area contributed by atoms with E-state index in [-0.39, 0.29) is 11.5 Å². The summed E-state index contributed by atoms with van der Waals surface area (Å²) in [7, 11) is 0. The first-order chi connectivity index (χ1) is 10.6. The van der Waals surface area contributed by atoms with Crippen molar-refractivity contribution in [1.29, 1.82) is 0 Å². The molecule has 0 aliphatic rings. The first-order valence-corrected chi connectivity index (χ1v) is 7.19. The van der Waals surface area contributed by atoms with Gasteiger partial charge in [0.15, 0.2) is 0 Å². The van der Waals surface area contributed by atoms with E-state index in [1.807, 2.05) is 24.3 Å². The van der Waals surface area contributed by atoms with Gasteiger partial charge < -0.3 is 15.9 Å². The van der Waals surface area contributed by atoms with Crippen molar-refractivity contribution in [3.63, 3.8) is 0 Å². The Labute approximate surface area is 130 Å². The highest BCUT2D eigenvalue weighted by Crippen LogP contribution is 2.28. The van der Waals surface area contributed by atoms with Gasteiger partial charge in [0.05, 0.1) is 5.69 Å². The highest BCUT2D eigenvalue weighted by atomic mass is 32.1. The van der Waals surface area contributed by atoms with Crippen molar-refractivity contribution in [3.05, 3.63) is 48.0 Å². The standard InChI is InChI=1S/C15H12N4O2S/c16-15-19-18-14(22-15)9-2-1-3-11(6-9)17-8-10-4-5-12(20)7-13(10)21/h1-8,20-21H,(H2,16,19). The molecule has 0 radical (unpaired) electrons. The van der Waals surface area contributed by atoms with Crippen molar-refractivity contribution < 1.29 is 10.2 Å². The largest absolute Gasteiger partial charge is 0.508 e. The Morgan fingerprint density at radius 1 is 1.09 bits per heavy atom. The first-order valence-electron chi connectivity index (χ1n) is 6.37. The summed E-state index contributed by atoms with van der Waals surface area (Å²) in [5.41, 5.74) is 7.68. The van der Waals surface area contributed by atoms with Gasteiger partial charge in [0, 0.05) is 23.4 Å². The van der Waals surface area contributed by atoms with E-state index in [1.165, 1.54) is 29.7 Å². The summed E-state index contributed by atoms with van der Waals surface area (Å²) in [5.74, 6) is -0.0256. The maximum Gasteiger partial charge on any atom is 0.203 e. The van der Waals surface area contributed by atoms with Crippen LogP contribution in [0.4, 0.5) is 10.8 Å². The van der Waals surface area contributed by atoms with Gasteiger partial charge in [0.25, 0.3) is 0 Å². The summed E-state index contributed by atoms with van der Waals surface area (Å²) in [4.78, 5) is 4.32. The van der Waals surface area contributed by atoms with Gasteiger partial charge in [-0.05, 0) is 24.3 Å². The molecule has 0 unspecified atom stereocenters. The number of aliphatic imine (C=N–C) groups is 1. The molecule has 4 N–H and O–H groups in total. The van der Waals surface area contributed by atoms with Gasteiger partial charge in [0.1, 0.15) is 16.5 Å². The van der Waals surface area contributed by atoms with E-state index in [0.29, 0.717) is 16.4 Å². The number of hydrogen-bond acceptors (Lipinski definition) is 7. The highest BCUT2D eigenvalue weighted by molar-refractivity contribution is 7.18. The minimum atomic E-state index is -0.0307. The van der Waals surface area contributed by atoms with Crippen molar-refractivity contribution in [3.8, 4) is 22.1 Å². The van der Waals surface area contributed by atoms with Crippen LogP contribution < -0.4 is 5.73 Å². The quantitative estimate of drug-likeness (QED) is 0.645. The zero-order valence-electron chi connectivity index (χ0n) is 11.3. The predicted molar refractivity (Wildman–Crippen MR) is 86.8 cm³/mol.